The molecule has 0 unspecified atom stereocenters. The van der Waals surface area contributed by atoms with Crippen LogP contribution in [0.2, 0.25) is 10.0 Å². The monoisotopic (exact) mass is 313 g/mol. The van der Waals surface area contributed by atoms with E-state index in [-0.39, 0.29) is 6.61 Å². The molecule has 0 radical (unpaired) electrons. The Labute approximate surface area is 127 Å². The molecule has 0 atom stereocenters. The number of amides is 1. The summed E-state index contributed by atoms with van der Waals surface area (Å²) in [6.45, 7) is 3.43. The van der Waals surface area contributed by atoms with E-state index in [1.807, 2.05) is 0 Å². The Morgan fingerprint density at radius 1 is 1.35 bits per heavy atom. The van der Waals surface area contributed by atoms with Crippen molar-refractivity contribution in [3.63, 3.8) is 0 Å². The van der Waals surface area contributed by atoms with E-state index in [1.165, 1.54) is 18.2 Å². The van der Waals surface area contributed by atoms with Gasteiger partial charge >= 0.3 is 5.97 Å². The van der Waals surface area contributed by atoms with Crippen LogP contribution in [0.4, 0.5) is 0 Å². The molecule has 1 N–H and O–H groups in total. The van der Waals surface area contributed by atoms with Crippen LogP contribution < -0.4 is 5.32 Å². The van der Waals surface area contributed by atoms with E-state index in [0.29, 0.717) is 22.2 Å². The number of hydrogen-bond donors (Lipinski definition) is 1. The van der Waals surface area contributed by atoms with Gasteiger partial charge in [-0.25, -0.2) is 4.79 Å². The number of nitrogens with one attached hydrogen (secondary N) is 1. The minimum atomic E-state index is -0.634. The summed E-state index contributed by atoms with van der Waals surface area (Å²) in [6, 6.07) is 4.89. The minimum absolute atomic E-state index is 0.326. The summed E-state index contributed by atoms with van der Waals surface area (Å²) >= 11 is 11.7. The zero-order valence-corrected chi connectivity index (χ0v) is 12.1. The van der Waals surface area contributed by atoms with E-state index in [4.69, 9.17) is 27.9 Å². The maximum Gasteiger partial charge on any atom is 0.331 e. The first-order valence-electron chi connectivity index (χ1n) is 5.70. The van der Waals surface area contributed by atoms with Gasteiger partial charge in [-0.1, -0.05) is 35.3 Å². The number of rotatable bonds is 6. The molecule has 0 aliphatic heterocycles. The summed E-state index contributed by atoms with van der Waals surface area (Å²) in [5, 5.41) is 3.41. The second-order valence-electron chi connectivity index (χ2n) is 3.70. The maximum atomic E-state index is 11.4. The molecule has 0 heterocycles. The van der Waals surface area contributed by atoms with Gasteiger partial charge in [-0.2, -0.15) is 0 Å². The summed E-state index contributed by atoms with van der Waals surface area (Å²) in [7, 11) is 0. The Hall–Kier alpha value is -1.78. The van der Waals surface area contributed by atoms with E-state index < -0.39 is 11.9 Å². The molecule has 1 amide bonds. The van der Waals surface area contributed by atoms with Gasteiger partial charge < -0.3 is 10.1 Å². The molecular weight excluding hydrogens is 301 g/mol. The number of esters is 1. The summed E-state index contributed by atoms with van der Waals surface area (Å²) in [6.07, 6.45) is 4.21. The van der Waals surface area contributed by atoms with Crippen molar-refractivity contribution in [2.75, 3.05) is 13.2 Å². The van der Waals surface area contributed by atoms with Gasteiger partial charge in [0.1, 0.15) is 0 Å². The van der Waals surface area contributed by atoms with E-state index in [0.717, 1.165) is 0 Å². The maximum absolute atomic E-state index is 11.4. The molecule has 20 heavy (non-hydrogen) atoms. The van der Waals surface area contributed by atoms with Crippen LogP contribution in [0.5, 0.6) is 0 Å². The van der Waals surface area contributed by atoms with Crippen LogP contribution in [-0.2, 0) is 14.3 Å². The van der Waals surface area contributed by atoms with Gasteiger partial charge in [0.15, 0.2) is 6.61 Å². The van der Waals surface area contributed by atoms with Crippen molar-refractivity contribution in [2.45, 2.75) is 0 Å². The van der Waals surface area contributed by atoms with Gasteiger partial charge in [0, 0.05) is 22.7 Å². The number of ether oxygens (including phenoxy) is 1. The van der Waals surface area contributed by atoms with Crippen molar-refractivity contribution < 1.29 is 14.3 Å². The second kappa shape index (κ2) is 8.40. The number of benzene rings is 1. The highest BCUT2D eigenvalue weighted by atomic mass is 35.5. The number of carbonyl (C=O) groups is 2. The third-order valence-electron chi connectivity index (χ3n) is 2.15. The summed E-state index contributed by atoms with van der Waals surface area (Å²) in [5.41, 5.74) is 0.629. The first-order chi connectivity index (χ1) is 9.52. The Bertz CT molecular complexity index is 541. The molecule has 1 aromatic rings. The van der Waals surface area contributed by atoms with Crippen LogP contribution in [0.1, 0.15) is 5.56 Å². The van der Waals surface area contributed by atoms with E-state index in [2.05, 4.69) is 11.9 Å². The number of hydrogen-bond acceptors (Lipinski definition) is 3. The molecule has 0 aromatic heterocycles. The third kappa shape index (κ3) is 5.91. The Morgan fingerprint density at radius 2 is 2.10 bits per heavy atom. The molecule has 0 spiro atoms. The first-order valence-corrected chi connectivity index (χ1v) is 6.46. The highest BCUT2D eigenvalue weighted by Gasteiger charge is 2.04. The average Bonchev–Trinajstić information content (AvgIpc) is 2.41. The summed E-state index contributed by atoms with van der Waals surface area (Å²) in [5.74, 6) is -1.03. The van der Waals surface area contributed by atoms with Crippen LogP contribution in [-0.4, -0.2) is 25.0 Å². The molecular formula is C14H13Cl2NO3. The van der Waals surface area contributed by atoms with Crippen molar-refractivity contribution in [3.05, 3.63) is 52.5 Å². The molecule has 0 fully saturated rings. The van der Waals surface area contributed by atoms with Gasteiger partial charge in [-0.05, 0) is 23.8 Å². The molecule has 0 bridgehead atoms. The highest BCUT2D eigenvalue weighted by Crippen LogP contribution is 2.21. The van der Waals surface area contributed by atoms with Gasteiger partial charge in [0.2, 0.25) is 0 Å². The molecule has 4 nitrogen and oxygen atoms in total. The molecule has 0 aliphatic carbocycles. The molecule has 0 saturated carbocycles. The van der Waals surface area contributed by atoms with E-state index in [1.54, 1.807) is 18.2 Å². The number of halogens is 2. The largest absolute Gasteiger partial charge is 0.452 e. The lowest BCUT2D eigenvalue weighted by atomic mass is 10.2. The summed E-state index contributed by atoms with van der Waals surface area (Å²) < 4.78 is 4.74. The quantitative estimate of drug-likeness (QED) is 0.499. The zero-order valence-electron chi connectivity index (χ0n) is 10.6. The van der Waals surface area contributed by atoms with Gasteiger partial charge in [-0.3, -0.25) is 4.79 Å². The lowest BCUT2D eigenvalue weighted by Gasteiger charge is -2.02. The molecule has 0 saturated heterocycles. The van der Waals surface area contributed by atoms with E-state index >= 15 is 0 Å². The normalized spacial score (nSPS) is 10.3. The predicted molar refractivity (Wildman–Crippen MR) is 79.7 cm³/mol. The highest BCUT2D eigenvalue weighted by molar-refractivity contribution is 6.35. The third-order valence-corrected chi connectivity index (χ3v) is 2.71. The molecule has 0 aliphatic rings. The Kier molecular flexibility index (Phi) is 6.84. The van der Waals surface area contributed by atoms with Gasteiger partial charge in [0.05, 0.1) is 0 Å². The first kappa shape index (κ1) is 16.3. The minimum Gasteiger partial charge on any atom is -0.452 e. The zero-order chi connectivity index (χ0) is 15.0. The molecule has 106 valence electrons. The second-order valence-corrected chi connectivity index (χ2v) is 4.54. The predicted octanol–water partition coefficient (Wildman–Crippen LogP) is 2.85. The number of carbonyl (C=O) groups excluding carboxylic acids is 2. The average molecular weight is 314 g/mol. The van der Waals surface area contributed by atoms with Gasteiger partial charge in [-0.15, -0.1) is 6.58 Å². The van der Waals surface area contributed by atoms with Crippen LogP contribution in [0.3, 0.4) is 0 Å². The fourth-order valence-electron chi connectivity index (χ4n) is 1.22. The van der Waals surface area contributed by atoms with Crippen molar-refractivity contribution >= 4 is 41.2 Å². The fourth-order valence-corrected chi connectivity index (χ4v) is 1.69. The van der Waals surface area contributed by atoms with Crippen molar-refractivity contribution in [3.8, 4) is 0 Å². The molecule has 1 aromatic carbocycles. The van der Waals surface area contributed by atoms with Crippen molar-refractivity contribution in [1.82, 2.24) is 5.32 Å². The lowest BCUT2D eigenvalue weighted by Crippen LogP contribution is -2.28. The smallest absolute Gasteiger partial charge is 0.331 e. The standard InChI is InChI=1S/C14H13Cl2NO3/c1-2-7-17-13(18)9-20-14(19)6-4-10-3-5-11(15)8-12(10)16/h2-6,8H,1,7,9H2,(H,17,18)/b6-4+. The SMILES string of the molecule is C=CCNC(=O)COC(=O)/C=C/c1ccc(Cl)cc1Cl. The van der Waals surface area contributed by atoms with Crippen molar-refractivity contribution in [1.29, 1.82) is 0 Å². The van der Waals surface area contributed by atoms with Crippen LogP contribution in [0.25, 0.3) is 6.08 Å². The molecule has 1 rings (SSSR count). The van der Waals surface area contributed by atoms with Gasteiger partial charge in [0.25, 0.3) is 5.91 Å². The topological polar surface area (TPSA) is 55.4 Å². The van der Waals surface area contributed by atoms with Crippen molar-refractivity contribution in [2.24, 2.45) is 0 Å². The Balaban J connectivity index is 2.47. The summed E-state index contributed by atoms with van der Waals surface area (Å²) in [4.78, 5) is 22.6. The van der Waals surface area contributed by atoms with Crippen LogP contribution in [0, 0.1) is 0 Å². The fraction of sp³-hybridized carbons (Fsp3) is 0.143. The lowest BCUT2D eigenvalue weighted by molar-refractivity contribution is -0.143. The molecule has 6 heteroatoms. The van der Waals surface area contributed by atoms with Crippen LogP contribution >= 0.6 is 23.2 Å². The Morgan fingerprint density at radius 3 is 2.75 bits per heavy atom. The van der Waals surface area contributed by atoms with Crippen LogP contribution in [0.15, 0.2) is 36.9 Å². The van der Waals surface area contributed by atoms with E-state index in [9.17, 15) is 9.59 Å².